The van der Waals surface area contributed by atoms with Crippen LogP contribution in [0, 0.1) is 0 Å². The zero-order valence-corrected chi connectivity index (χ0v) is 15.2. The molecule has 4 nitrogen and oxygen atoms in total. The summed E-state index contributed by atoms with van der Waals surface area (Å²) in [6.45, 7) is 4.14. The second-order valence-electron chi connectivity index (χ2n) is 6.27. The van der Waals surface area contributed by atoms with E-state index in [4.69, 9.17) is 9.84 Å². The first-order valence-electron chi connectivity index (χ1n) is 8.99. The second kappa shape index (κ2) is 15.2. The van der Waals surface area contributed by atoms with Crippen molar-refractivity contribution < 1.29 is 19.7 Å². The van der Waals surface area contributed by atoms with Crippen LogP contribution in [0.25, 0.3) is 0 Å². The van der Waals surface area contributed by atoms with Crippen LogP contribution in [0.2, 0.25) is 0 Å². The molecule has 138 valence electrons. The predicted octanol–water partition coefficient (Wildman–Crippen LogP) is 4.65. The smallest absolute Gasteiger partial charge is 0.329 e. The van der Waals surface area contributed by atoms with Crippen molar-refractivity contribution in [3.63, 3.8) is 0 Å². The number of carboxylic acids is 1. The molecule has 0 aliphatic heterocycles. The van der Waals surface area contributed by atoms with E-state index in [1.165, 1.54) is 12.8 Å². The minimum Gasteiger partial charge on any atom is -0.480 e. The minimum atomic E-state index is -0.938. The lowest BCUT2D eigenvalue weighted by atomic mass is 9.98. The monoisotopic (exact) mass is 338 g/mol. The quantitative estimate of drug-likeness (QED) is 0.259. The molecule has 4 heteroatoms. The molecule has 0 saturated carbocycles. The maximum absolute atomic E-state index is 10.2. The van der Waals surface area contributed by atoms with Crippen LogP contribution >= 0.6 is 0 Å². The van der Waals surface area contributed by atoms with Gasteiger partial charge in [-0.1, -0.05) is 62.6 Å². The fraction of sp³-hybridized carbons (Fsp3) is 0.650. The Morgan fingerprint density at radius 1 is 1.04 bits per heavy atom. The van der Waals surface area contributed by atoms with Crippen molar-refractivity contribution >= 4 is 5.97 Å². The maximum Gasteiger partial charge on any atom is 0.329 e. The molecule has 2 N–H and O–H groups in total. The van der Waals surface area contributed by atoms with Gasteiger partial charge in [-0.2, -0.15) is 0 Å². The fourth-order valence-electron chi connectivity index (χ4n) is 2.18. The number of aliphatic carboxylic acids is 1. The van der Waals surface area contributed by atoms with Crippen molar-refractivity contribution in [1.29, 1.82) is 0 Å². The number of allylic oxidation sites excluding steroid dienone is 4. The summed E-state index contributed by atoms with van der Waals surface area (Å²) in [5, 5.41) is 18.6. The summed E-state index contributed by atoms with van der Waals surface area (Å²) >= 11 is 0. The van der Waals surface area contributed by atoms with Crippen molar-refractivity contribution in [2.45, 2.75) is 70.8 Å². The lowest BCUT2D eigenvalue weighted by Gasteiger charge is -2.18. The number of hydrogen-bond acceptors (Lipinski definition) is 3. The number of carbonyl (C=O) groups is 1. The van der Waals surface area contributed by atoms with Gasteiger partial charge in [-0.25, -0.2) is 4.79 Å². The van der Waals surface area contributed by atoms with E-state index in [0.29, 0.717) is 6.61 Å². The molecule has 0 radical (unpaired) electrons. The highest BCUT2D eigenvalue weighted by Crippen LogP contribution is 2.16. The average molecular weight is 338 g/mol. The van der Waals surface area contributed by atoms with Crippen LogP contribution < -0.4 is 0 Å². The maximum atomic E-state index is 10.2. The molecule has 1 atom stereocenters. The first kappa shape index (κ1) is 22.6. The lowest BCUT2D eigenvalue weighted by molar-refractivity contribution is -0.141. The topological polar surface area (TPSA) is 66.8 Å². The molecule has 0 rings (SSSR count). The summed E-state index contributed by atoms with van der Waals surface area (Å²) in [5.41, 5.74) is -0.701. The Hall–Kier alpha value is -1.39. The number of aliphatic hydroxyl groups is 1. The highest BCUT2D eigenvalue weighted by Gasteiger charge is 2.14. The average Bonchev–Trinajstić information content (AvgIpc) is 2.51. The van der Waals surface area contributed by atoms with Crippen LogP contribution in [0.4, 0.5) is 0 Å². The molecular weight excluding hydrogens is 304 g/mol. The first-order valence-corrected chi connectivity index (χ1v) is 8.99. The Morgan fingerprint density at radius 3 is 2.42 bits per heavy atom. The molecule has 0 aromatic carbocycles. The van der Waals surface area contributed by atoms with Gasteiger partial charge in [-0.05, 0) is 39.0 Å². The highest BCUT2D eigenvalue weighted by molar-refractivity contribution is 5.67. The molecule has 0 aliphatic carbocycles. The van der Waals surface area contributed by atoms with E-state index >= 15 is 0 Å². The van der Waals surface area contributed by atoms with E-state index in [9.17, 15) is 9.90 Å². The molecular formula is C20H34O4. The zero-order chi connectivity index (χ0) is 18.1. The Bertz CT molecular complexity index is 394. The summed E-state index contributed by atoms with van der Waals surface area (Å²) in [6.07, 6.45) is 20.2. The van der Waals surface area contributed by atoms with Crippen LogP contribution in [0.3, 0.4) is 0 Å². The van der Waals surface area contributed by atoms with Gasteiger partial charge in [0, 0.05) is 0 Å². The third kappa shape index (κ3) is 17.0. The third-order valence-electron chi connectivity index (χ3n) is 3.59. The van der Waals surface area contributed by atoms with Gasteiger partial charge in [0.05, 0.1) is 12.2 Å². The fourth-order valence-corrected chi connectivity index (χ4v) is 2.18. The predicted molar refractivity (Wildman–Crippen MR) is 99.1 cm³/mol. The Labute approximate surface area is 146 Å². The third-order valence-corrected chi connectivity index (χ3v) is 3.59. The summed E-state index contributed by atoms with van der Waals surface area (Å²) < 4.78 is 4.90. The highest BCUT2D eigenvalue weighted by atomic mass is 16.5. The van der Waals surface area contributed by atoms with Crippen LogP contribution in [0.5, 0.6) is 0 Å². The molecule has 0 bridgehead atoms. The number of hydrogen-bond donors (Lipinski definition) is 2. The first-order chi connectivity index (χ1) is 11.5. The Morgan fingerprint density at radius 2 is 1.75 bits per heavy atom. The Balaban J connectivity index is 3.59. The summed E-state index contributed by atoms with van der Waals surface area (Å²) in [4.78, 5) is 10.2. The molecule has 0 aromatic heterocycles. The molecule has 0 saturated heterocycles. The van der Waals surface area contributed by atoms with Crippen LogP contribution in [-0.4, -0.2) is 35.0 Å². The molecule has 0 amide bonds. The van der Waals surface area contributed by atoms with E-state index in [1.807, 2.05) is 37.3 Å². The van der Waals surface area contributed by atoms with Gasteiger partial charge in [0.1, 0.15) is 6.61 Å². The minimum absolute atomic E-state index is 0.242. The zero-order valence-electron chi connectivity index (χ0n) is 15.2. The van der Waals surface area contributed by atoms with E-state index in [-0.39, 0.29) is 6.61 Å². The van der Waals surface area contributed by atoms with Crippen molar-refractivity contribution in [3.05, 3.63) is 36.5 Å². The number of unbranched alkanes of at least 4 members (excludes halogenated alkanes) is 5. The van der Waals surface area contributed by atoms with Crippen LogP contribution in [0.1, 0.15) is 65.2 Å². The SMILES string of the molecule is CCCCCC(C)(O)/C=C/C=C\CCCC/C=C\COCC(=O)O. The van der Waals surface area contributed by atoms with E-state index in [0.717, 1.165) is 38.5 Å². The van der Waals surface area contributed by atoms with Gasteiger partial charge in [0.2, 0.25) is 0 Å². The molecule has 0 aromatic rings. The molecule has 24 heavy (non-hydrogen) atoms. The van der Waals surface area contributed by atoms with Crippen molar-refractivity contribution in [3.8, 4) is 0 Å². The van der Waals surface area contributed by atoms with E-state index < -0.39 is 11.6 Å². The summed E-state index contributed by atoms with van der Waals surface area (Å²) in [6, 6.07) is 0. The van der Waals surface area contributed by atoms with Crippen molar-refractivity contribution in [1.82, 2.24) is 0 Å². The van der Waals surface area contributed by atoms with Gasteiger partial charge in [0.25, 0.3) is 0 Å². The standard InChI is InChI=1S/C20H34O4/c1-3-4-12-15-20(2,23)16-13-10-8-6-5-7-9-11-14-17-24-18-19(21)22/h8,10-11,13-14,16,23H,3-7,9,12,15,17-18H2,1-2H3,(H,21,22)/b10-8-,14-11-,16-13+. The van der Waals surface area contributed by atoms with E-state index in [2.05, 4.69) is 13.0 Å². The molecule has 0 spiro atoms. The molecule has 1 unspecified atom stereocenters. The lowest BCUT2D eigenvalue weighted by Crippen LogP contribution is -2.20. The van der Waals surface area contributed by atoms with E-state index in [1.54, 1.807) is 0 Å². The molecule has 0 aliphatic rings. The van der Waals surface area contributed by atoms with Crippen LogP contribution in [-0.2, 0) is 9.53 Å². The largest absolute Gasteiger partial charge is 0.480 e. The second-order valence-corrected chi connectivity index (χ2v) is 6.27. The summed E-state index contributed by atoms with van der Waals surface area (Å²) in [7, 11) is 0. The number of carboxylic acid groups (broad SMARTS) is 1. The normalized spacial score (nSPS) is 14.8. The number of rotatable bonds is 15. The van der Waals surface area contributed by atoms with Gasteiger partial charge >= 0.3 is 5.97 Å². The summed E-state index contributed by atoms with van der Waals surface area (Å²) in [5.74, 6) is -0.938. The van der Waals surface area contributed by atoms with Gasteiger partial charge in [-0.15, -0.1) is 0 Å². The van der Waals surface area contributed by atoms with Crippen LogP contribution in [0.15, 0.2) is 36.5 Å². The molecule has 0 heterocycles. The van der Waals surface area contributed by atoms with Gasteiger partial charge < -0.3 is 14.9 Å². The van der Waals surface area contributed by atoms with Gasteiger partial charge in [-0.3, -0.25) is 0 Å². The molecule has 0 fully saturated rings. The van der Waals surface area contributed by atoms with Gasteiger partial charge in [0.15, 0.2) is 0 Å². The van der Waals surface area contributed by atoms with Crippen molar-refractivity contribution in [2.24, 2.45) is 0 Å². The van der Waals surface area contributed by atoms with Crippen molar-refractivity contribution in [2.75, 3.05) is 13.2 Å². The number of ether oxygens (including phenoxy) is 1. The Kier molecular flexibility index (Phi) is 14.3.